The number of fused-ring (bicyclic) bond motifs is 17. The van der Waals surface area contributed by atoms with Gasteiger partial charge in [-0.3, -0.25) is 0 Å². The van der Waals surface area contributed by atoms with Crippen molar-refractivity contribution >= 4 is 27.8 Å². The van der Waals surface area contributed by atoms with Crippen LogP contribution >= 0.6 is 0 Å². The van der Waals surface area contributed by atoms with Gasteiger partial charge in [0.15, 0.2) is 0 Å². The van der Waals surface area contributed by atoms with E-state index >= 15 is 0 Å². The third-order valence-corrected chi connectivity index (χ3v) is 14.5. The second-order valence-electron chi connectivity index (χ2n) is 18.0. The molecule has 0 N–H and O–H groups in total. The van der Waals surface area contributed by atoms with Crippen LogP contribution in [0.15, 0.2) is 224 Å². The summed E-state index contributed by atoms with van der Waals surface area (Å²) in [5, 5.41) is 2.55. The molecule has 0 saturated heterocycles. The maximum absolute atomic E-state index is 2.54. The third kappa shape index (κ3) is 4.99. The van der Waals surface area contributed by atoms with E-state index in [4.69, 9.17) is 0 Å². The molecule has 1 unspecified atom stereocenters. The lowest BCUT2D eigenvalue weighted by atomic mass is 9.65. The first-order valence-corrected chi connectivity index (χ1v) is 22.2. The van der Waals surface area contributed by atoms with Gasteiger partial charge in [0.05, 0.1) is 5.41 Å². The zero-order chi connectivity index (χ0) is 41.9. The van der Waals surface area contributed by atoms with Crippen LogP contribution in [0.5, 0.6) is 0 Å². The molecule has 1 nitrogen and oxygen atoms in total. The van der Waals surface area contributed by atoms with Gasteiger partial charge in [0.1, 0.15) is 0 Å². The van der Waals surface area contributed by atoms with Crippen LogP contribution in [-0.2, 0) is 10.8 Å². The first kappa shape index (κ1) is 36.0. The minimum absolute atomic E-state index is 0.143. The molecule has 0 amide bonds. The fraction of sp³-hybridized carbons (Fsp3) is 0.0645. The highest BCUT2D eigenvalue weighted by Crippen LogP contribution is 2.63. The van der Waals surface area contributed by atoms with E-state index in [9.17, 15) is 0 Å². The van der Waals surface area contributed by atoms with E-state index in [0.717, 1.165) is 17.1 Å². The number of anilines is 3. The van der Waals surface area contributed by atoms with E-state index < -0.39 is 5.41 Å². The summed E-state index contributed by atoms with van der Waals surface area (Å²) in [6.45, 7) is 4.75. The Labute approximate surface area is 369 Å². The van der Waals surface area contributed by atoms with Crippen molar-refractivity contribution in [3.05, 3.63) is 258 Å². The molecule has 0 aromatic heterocycles. The van der Waals surface area contributed by atoms with Gasteiger partial charge in [0, 0.05) is 22.5 Å². The highest BCUT2D eigenvalue weighted by atomic mass is 15.1. The van der Waals surface area contributed by atoms with Crippen molar-refractivity contribution in [2.45, 2.75) is 24.7 Å². The van der Waals surface area contributed by atoms with Crippen molar-refractivity contribution in [3.63, 3.8) is 0 Å². The molecule has 10 aromatic carbocycles. The average Bonchev–Trinajstić information content (AvgIpc) is 3.73. The van der Waals surface area contributed by atoms with Gasteiger partial charge in [0.2, 0.25) is 0 Å². The fourth-order valence-corrected chi connectivity index (χ4v) is 11.7. The van der Waals surface area contributed by atoms with Crippen LogP contribution in [-0.4, -0.2) is 0 Å². The highest BCUT2D eigenvalue weighted by molar-refractivity contribution is 6.06. The summed E-state index contributed by atoms with van der Waals surface area (Å²) in [6.07, 6.45) is 0. The Morgan fingerprint density at radius 1 is 0.302 bits per heavy atom. The maximum Gasteiger partial charge on any atom is 0.0726 e. The summed E-state index contributed by atoms with van der Waals surface area (Å²) in [4.78, 5) is 2.49. The minimum Gasteiger partial charge on any atom is -0.310 e. The fourth-order valence-electron chi connectivity index (χ4n) is 11.7. The summed E-state index contributed by atoms with van der Waals surface area (Å²) in [7, 11) is 0. The summed E-state index contributed by atoms with van der Waals surface area (Å²) in [6, 6.07) is 84.4. The number of hydrogen-bond donors (Lipinski definition) is 0. The van der Waals surface area contributed by atoms with Crippen molar-refractivity contribution in [3.8, 4) is 55.6 Å². The Morgan fingerprint density at radius 2 is 0.778 bits per heavy atom. The summed E-state index contributed by atoms with van der Waals surface area (Å²) < 4.78 is 0. The predicted octanol–water partition coefficient (Wildman–Crippen LogP) is 16.3. The first-order chi connectivity index (χ1) is 31.0. The van der Waals surface area contributed by atoms with Crippen LogP contribution in [0.3, 0.4) is 0 Å². The minimum atomic E-state index is -0.610. The Hall–Kier alpha value is -7.74. The van der Waals surface area contributed by atoms with E-state index in [0.29, 0.717) is 0 Å². The van der Waals surface area contributed by atoms with E-state index in [1.165, 1.54) is 99.8 Å². The van der Waals surface area contributed by atoms with Gasteiger partial charge in [-0.1, -0.05) is 202 Å². The average molecular weight is 802 g/mol. The summed E-state index contributed by atoms with van der Waals surface area (Å²) >= 11 is 0. The number of rotatable bonds is 4. The molecule has 13 rings (SSSR count). The van der Waals surface area contributed by atoms with Gasteiger partial charge in [-0.05, 0) is 136 Å². The van der Waals surface area contributed by atoms with Gasteiger partial charge in [-0.25, -0.2) is 0 Å². The maximum atomic E-state index is 2.54. The molecule has 0 bridgehead atoms. The quantitative estimate of drug-likeness (QED) is 0.171. The van der Waals surface area contributed by atoms with Gasteiger partial charge < -0.3 is 4.90 Å². The molecule has 0 aliphatic heterocycles. The molecule has 3 aliphatic rings. The third-order valence-electron chi connectivity index (χ3n) is 14.5. The molecular formula is C62H43N. The zero-order valence-corrected chi connectivity index (χ0v) is 35.3. The lowest BCUT2D eigenvalue weighted by molar-refractivity contribution is 0.660. The smallest absolute Gasteiger partial charge is 0.0726 e. The van der Waals surface area contributed by atoms with Crippen molar-refractivity contribution < 1.29 is 0 Å². The number of hydrogen-bond acceptors (Lipinski definition) is 1. The second-order valence-corrected chi connectivity index (χ2v) is 18.0. The van der Waals surface area contributed by atoms with Gasteiger partial charge in [0.25, 0.3) is 0 Å². The normalized spacial score (nSPS) is 15.7. The Morgan fingerprint density at radius 3 is 1.48 bits per heavy atom. The van der Waals surface area contributed by atoms with Crippen molar-refractivity contribution in [2.75, 3.05) is 4.90 Å². The van der Waals surface area contributed by atoms with Crippen LogP contribution in [0, 0.1) is 0 Å². The van der Waals surface area contributed by atoms with E-state index in [1.54, 1.807) is 0 Å². The molecule has 296 valence electrons. The standard InChI is InChI=1S/C62H43N/c1-61(2)54-25-13-10-23-50(54)52-36-34-44(38-58(52)61)63(43-31-28-41(29-32-43)40-16-4-3-5-17-40)45-33-35-51-48-21-9-8-20-47(48)49-22-11-14-26-55(49)62(59(51)39-45)56-27-15-12-24-53(56)60-46-19-7-6-18-42(46)30-37-57(60)62/h3-39H,1-2H3. The first-order valence-electron chi connectivity index (χ1n) is 22.2. The van der Waals surface area contributed by atoms with E-state index in [1.807, 2.05) is 0 Å². The topological polar surface area (TPSA) is 3.24 Å². The Bertz CT molecular complexity index is 3480. The van der Waals surface area contributed by atoms with Crippen LogP contribution in [0.25, 0.3) is 66.4 Å². The second kappa shape index (κ2) is 13.4. The summed E-state index contributed by atoms with van der Waals surface area (Å²) in [5.74, 6) is 0. The molecule has 3 aliphatic carbocycles. The molecule has 63 heavy (non-hydrogen) atoms. The van der Waals surface area contributed by atoms with Crippen LogP contribution in [0.4, 0.5) is 17.1 Å². The molecule has 0 fully saturated rings. The monoisotopic (exact) mass is 801 g/mol. The molecular weight excluding hydrogens is 759 g/mol. The summed E-state index contributed by atoms with van der Waals surface area (Å²) in [5.41, 5.74) is 23.4. The SMILES string of the molecule is CC1(C)c2ccccc2-c2ccc(N(c3ccc(-c4ccccc4)cc3)c3ccc4c(c3)C3(c5ccccc5-c5ccccc5-4)c4ccccc4-c4c3ccc3ccccc43)cc21. The van der Waals surface area contributed by atoms with E-state index in [-0.39, 0.29) is 5.41 Å². The lowest BCUT2D eigenvalue weighted by Gasteiger charge is -2.36. The molecule has 0 saturated carbocycles. The predicted molar refractivity (Wildman–Crippen MR) is 263 cm³/mol. The van der Waals surface area contributed by atoms with Crippen molar-refractivity contribution in [1.29, 1.82) is 0 Å². The van der Waals surface area contributed by atoms with Crippen molar-refractivity contribution in [1.82, 2.24) is 0 Å². The molecule has 0 radical (unpaired) electrons. The van der Waals surface area contributed by atoms with Gasteiger partial charge >= 0.3 is 0 Å². The van der Waals surface area contributed by atoms with E-state index in [2.05, 4.69) is 243 Å². The lowest BCUT2D eigenvalue weighted by Crippen LogP contribution is -2.29. The Balaban J connectivity index is 1.12. The van der Waals surface area contributed by atoms with Crippen LogP contribution < -0.4 is 4.90 Å². The van der Waals surface area contributed by atoms with Gasteiger partial charge in [-0.2, -0.15) is 0 Å². The molecule has 1 spiro atoms. The molecule has 1 heteroatoms. The van der Waals surface area contributed by atoms with Crippen LogP contribution in [0.2, 0.25) is 0 Å². The molecule has 1 atom stereocenters. The molecule has 10 aromatic rings. The number of benzene rings is 10. The van der Waals surface area contributed by atoms with Crippen LogP contribution in [0.1, 0.15) is 47.2 Å². The van der Waals surface area contributed by atoms with Crippen molar-refractivity contribution in [2.24, 2.45) is 0 Å². The van der Waals surface area contributed by atoms with Gasteiger partial charge in [-0.15, -0.1) is 0 Å². The zero-order valence-electron chi connectivity index (χ0n) is 35.3. The largest absolute Gasteiger partial charge is 0.310 e. The number of nitrogens with zero attached hydrogens (tertiary/aromatic N) is 1. The Kier molecular flexibility index (Phi) is 7.64. The molecule has 0 heterocycles. The highest BCUT2D eigenvalue weighted by Gasteiger charge is 2.50.